The first-order valence-corrected chi connectivity index (χ1v) is 7.94. The summed E-state index contributed by atoms with van der Waals surface area (Å²) in [6.45, 7) is 1.91. The van der Waals surface area contributed by atoms with E-state index in [1.807, 2.05) is 13.0 Å². The van der Waals surface area contributed by atoms with Crippen LogP contribution in [0.25, 0.3) is 0 Å². The Hall–Kier alpha value is -1.25. The number of hydrogen-bond acceptors (Lipinski definition) is 3. The number of rotatable bonds is 3. The van der Waals surface area contributed by atoms with Gasteiger partial charge in [0, 0.05) is 0 Å². The van der Waals surface area contributed by atoms with Crippen LogP contribution < -0.4 is 10.6 Å². The third-order valence-corrected chi connectivity index (χ3v) is 5.62. The Kier molecular flexibility index (Phi) is 3.26. The maximum atomic E-state index is 10.5. The molecule has 0 unspecified atom stereocenters. The van der Waals surface area contributed by atoms with Crippen LogP contribution in [0.3, 0.4) is 0 Å². The van der Waals surface area contributed by atoms with E-state index in [0.717, 1.165) is 5.56 Å². The zero-order valence-corrected chi connectivity index (χ0v) is 11.1. The van der Waals surface area contributed by atoms with E-state index in [2.05, 4.69) is 0 Å². The first-order valence-electron chi connectivity index (χ1n) is 5.85. The van der Waals surface area contributed by atoms with Crippen LogP contribution in [-0.4, -0.2) is 14.7 Å². The van der Waals surface area contributed by atoms with Gasteiger partial charge in [-0.2, -0.15) is 0 Å². The molecule has 0 aliphatic heterocycles. The molecule has 0 saturated carbocycles. The van der Waals surface area contributed by atoms with Crippen LogP contribution in [0.4, 0.5) is 0 Å². The van der Waals surface area contributed by atoms with Crippen molar-refractivity contribution in [1.29, 1.82) is 0 Å². The van der Waals surface area contributed by atoms with Crippen LogP contribution in [0, 0.1) is 0 Å². The zero-order valence-electron chi connectivity index (χ0n) is 10.2. The Bertz CT molecular complexity index is 544. The van der Waals surface area contributed by atoms with Gasteiger partial charge in [0.1, 0.15) is 0 Å². The molecular formula is C14H17O3P. The van der Waals surface area contributed by atoms with Gasteiger partial charge in [0.25, 0.3) is 0 Å². The summed E-state index contributed by atoms with van der Waals surface area (Å²) in [6.07, 6.45) is 0.628. The Balaban J connectivity index is 2.66. The summed E-state index contributed by atoms with van der Waals surface area (Å²) in [7, 11) is -5.00. The fourth-order valence-electron chi connectivity index (χ4n) is 2.05. The Morgan fingerprint density at radius 1 is 0.833 bits per heavy atom. The Labute approximate surface area is 107 Å². The van der Waals surface area contributed by atoms with Crippen molar-refractivity contribution in [2.75, 3.05) is 0 Å². The van der Waals surface area contributed by atoms with Crippen molar-refractivity contribution in [2.45, 2.75) is 13.3 Å². The second-order valence-electron chi connectivity index (χ2n) is 4.30. The molecule has 2 aromatic carbocycles. The van der Waals surface area contributed by atoms with E-state index in [9.17, 15) is 14.7 Å². The number of benzene rings is 2. The van der Waals surface area contributed by atoms with E-state index in [-0.39, 0.29) is 10.6 Å². The molecule has 0 aliphatic carbocycles. The van der Waals surface area contributed by atoms with Gasteiger partial charge in [-0.1, -0.05) is 0 Å². The van der Waals surface area contributed by atoms with E-state index in [1.165, 1.54) is 12.1 Å². The topological polar surface area (TPSA) is 60.7 Å². The van der Waals surface area contributed by atoms with Crippen molar-refractivity contribution in [3.8, 4) is 0 Å². The van der Waals surface area contributed by atoms with Crippen molar-refractivity contribution in [3.63, 3.8) is 0 Å². The van der Waals surface area contributed by atoms with E-state index in [0.29, 0.717) is 6.42 Å². The van der Waals surface area contributed by atoms with Gasteiger partial charge in [0.15, 0.2) is 0 Å². The van der Waals surface area contributed by atoms with Crippen LogP contribution in [0.15, 0.2) is 54.6 Å². The Morgan fingerprint density at radius 3 is 2.00 bits per heavy atom. The quantitative estimate of drug-likeness (QED) is 0.736. The SMILES string of the molecule is CCc1ccccc1P(O)(O)(O)c1ccccc1. The van der Waals surface area contributed by atoms with Gasteiger partial charge in [0.05, 0.1) is 0 Å². The summed E-state index contributed by atoms with van der Waals surface area (Å²) in [5.74, 6) is 0. The van der Waals surface area contributed by atoms with Crippen molar-refractivity contribution in [2.24, 2.45) is 0 Å². The summed E-state index contributed by atoms with van der Waals surface area (Å²) in [5.41, 5.74) is 0.742. The van der Waals surface area contributed by atoms with Crippen molar-refractivity contribution >= 4 is 17.9 Å². The molecule has 2 rings (SSSR count). The molecule has 3 N–H and O–H groups in total. The molecule has 0 bridgehead atoms. The van der Waals surface area contributed by atoms with Gasteiger partial charge < -0.3 is 0 Å². The van der Waals surface area contributed by atoms with Gasteiger partial charge in [-0.3, -0.25) is 0 Å². The molecule has 0 atom stereocenters. The van der Waals surface area contributed by atoms with Crippen LogP contribution in [0.2, 0.25) is 0 Å². The normalized spacial score (nSPS) is 13.9. The monoisotopic (exact) mass is 264 g/mol. The predicted octanol–water partition coefficient (Wildman–Crippen LogP) is 1.47. The summed E-state index contributed by atoms with van der Waals surface area (Å²) in [4.78, 5) is 31.4. The third-order valence-electron chi connectivity index (χ3n) is 3.05. The predicted molar refractivity (Wildman–Crippen MR) is 75.1 cm³/mol. The maximum absolute atomic E-state index is 10.5. The Morgan fingerprint density at radius 2 is 1.39 bits per heavy atom. The molecule has 96 valence electrons. The van der Waals surface area contributed by atoms with Gasteiger partial charge in [-0.05, 0) is 0 Å². The van der Waals surface area contributed by atoms with Gasteiger partial charge in [-0.15, -0.1) is 0 Å². The molecule has 0 amide bonds. The molecule has 0 radical (unpaired) electrons. The van der Waals surface area contributed by atoms with Crippen LogP contribution in [-0.2, 0) is 6.42 Å². The minimum atomic E-state index is -5.00. The summed E-state index contributed by atoms with van der Waals surface area (Å²) in [5, 5.41) is 0.376. The molecule has 0 aromatic heterocycles. The first kappa shape index (κ1) is 13.2. The van der Waals surface area contributed by atoms with Gasteiger partial charge in [-0.25, -0.2) is 0 Å². The average molecular weight is 264 g/mol. The molecule has 0 aliphatic rings. The second-order valence-corrected chi connectivity index (χ2v) is 7.26. The van der Waals surface area contributed by atoms with Gasteiger partial charge >= 0.3 is 106 Å². The third kappa shape index (κ3) is 2.18. The fourth-order valence-corrected chi connectivity index (χ4v) is 4.17. The van der Waals surface area contributed by atoms with Crippen LogP contribution in [0.5, 0.6) is 0 Å². The van der Waals surface area contributed by atoms with E-state index in [4.69, 9.17) is 0 Å². The molecule has 0 spiro atoms. The second kappa shape index (κ2) is 4.45. The van der Waals surface area contributed by atoms with Crippen LogP contribution in [0.1, 0.15) is 12.5 Å². The molecule has 2 aromatic rings. The van der Waals surface area contributed by atoms with Crippen molar-refractivity contribution in [1.82, 2.24) is 0 Å². The standard InChI is InChI=1S/C14H17O3P/c1-2-12-8-6-7-11-14(12)18(15,16,17)13-9-4-3-5-10-13/h3-11,15-17H,2H2,1H3. The summed E-state index contributed by atoms with van der Waals surface area (Å²) >= 11 is 0. The van der Waals surface area contributed by atoms with E-state index in [1.54, 1.807) is 36.4 Å². The number of hydrogen-bond donors (Lipinski definition) is 3. The molecular weight excluding hydrogens is 247 g/mol. The molecule has 18 heavy (non-hydrogen) atoms. The average Bonchev–Trinajstić information content (AvgIpc) is 2.39. The molecule has 0 heterocycles. The summed E-state index contributed by atoms with van der Waals surface area (Å²) < 4.78 is 0. The van der Waals surface area contributed by atoms with Crippen molar-refractivity contribution in [3.05, 3.63) is 60.2 Å². The van der Waals surface area contributed by atoms with Crippen molar-refractivity contribution < 1.29 is 14.7 Å². The molecule has 0 fully saturated rings. The van der Waals surface area contributed by atoms with E-state index >= 15 is 0 Å². The zero-order chi connectivity index (χ0) is 13.3. The van der Waals surface area contributed by atoms with Crippen LogP contribution >= 0.6 is 7.28 Å². The fraction of sp³-hybridized carbons (Fsp3) is 0.143. The molecule has 4 heteroatoms. The summed E-state index contributed by atoms with van der Waals surface area (Å²) in [6, 6.07) is 15.1. The number of aryl methyl sites for hydroxylation is 1. The van der Waals surface area contributed by atoms with Gasteiger partial charge in [0.2, 0.25) is 0 Å². The molecule has 3 nitrogen and oxygen atoms in total. The first-order chi connectivity index (χ1) is 8.44. The molecule has 0 saturated heterocycles. The van der Waals surface area contributed by atoms with E-state index < -0.39 is 7.28 Å². The minimum absolute atomic E-state index is 0.157.